The van der Waals surface area contributed by atoms with E-state index < -0.39 is 0 Å². The van der Waals surface area contributed by atoms with E-state index in [2.05, 4.69) is 27.5 Å². The van der Waals surface area contributed by atoms with Crippen molar-refractivity contribution in [1.82, 2.24) is 20.6 Å². The van der Waals surface area contributed by atoms with Gasteiger partial charge in [0.15, 0.2) is 0 Å². The molecule has 0 spiro atoms. The van der Waals surface area contributed by atoms with Crippen molar-refractivity contribution < 1.29 is 0 Å². The Kier molecular flexibility index (Phi) is 4.36. The molecule has 0 aromatic carbocycles. The van der Waals surface area contributed by atoms with E-state index in [0.717, 1.165) is 12.2 Å². The van der Waals surface area contributed by atoms with Crippen molar-refractivity contribution in [3.05, 3.63) is 18.2 Å². The molecule has 1 aromatic heterocycles. The Morgan fingerprint density at radius 2 is 2.50 bits per heavy atom. The number of hydrogen-bond acceptors (Lipinski definition) is 3. The molecule has 0 amide bonds. The van der Waals surface area contributed by atoms with E-state index in [0.29, 0.717) is 12.1 Å². The highest BCUT2D eigenvalue weighted by molar-refractivity contribution is 4.93. The van der Waals surface area contributed by atoms with E-state index in [1.54, 1.807) is 6.33 Å². The lowest BCUT2D eigenvalue weighted by Crippen LogP contribution is -2.39. The lowest BCUT2D eigenvalue weighted by atomic mass is 9.99. The van der Waals surface area contributed by atoms with Crippen LogP contribution in [0.25, 0.3) is 0 Å². The zero-order valence-electron chi connectivity index (χ0n) is 10.00. The minimum absolute atomic E-state index is 0.555. The number of H-pyrrole nitrogens is 1. The number of nitrogens with one attached hydrogen (secondary N) is 3. The van der Waals surface area contributed by atoms with Crippen LogP contribution in [0.5, 0.6) is 0 Å². The van der Waals surface area contributed by atoms with Crippen LogP contribution in [0.3, 0.4) is 0 Å². The van der Waals surface area contributed by atoms with E-state index in [1.807, 2.05) is 6.20 Å². The van der Waals surface area contributed by atoms with E-state index >= 15 is 0 Å². The number of aromatic nitrogens is 2. The topological polar surface area (TPSA) is 52.7 Å². The van der Waals surface area contributed by atoms with Gasteiger partial charge < -0.3 is 15.6 Å². The first-order chi connectivity index (χ1) is 7.84. The Morgan fingerprint density at radius 1 is 1.56 bits per heavy atom. The molecule has 2 atom stereocenters. The molecule has 1 aliphatic heterocycles. The zero-order chi connectivity index (χ0) is 11.2. The Balaban J connectivity index is 1.65. The Hall–Kier alpha value is -0.870. The molecule has 2 rings (SSSR count). The van der Waals surface area contributed by atoms with Gasteiger partial charge in [0.05, 0.1) is 6.33 Å². The molecule has 4 heteroatoms. The number of piperidine rings is 1. The summed E-state index contributed by atoms with van der Waals surface area (Å²) in [6, 6.07) is 1.26. The van der Waals surface area contributed by atoms with Crippen LogP contribution in [0.1, 0.15) is 38.3 Å². The first-order valence-electron chi connectivity index (χ1n) is 6.28. The van der Waals surface area contributed by atoms with Crippen LogP contribution in [0, 0.1) is 0 Å². The predicted molar refractivity (Wildman–Crippen MR) is 65.1 cm³/mol. The van der Waals surface area contributed by atoms with Crippen molar-refractivity contribution in [3.8, 4) is 0 Å². The monoisotopic (exact) mass is 222 g/mol. The largest absolute Gasteiger partial charge is 0.347 e. The molecular weight excluding hydrogens is 200 g/mol. The predicted octanol–water partition coefficient (Wildman–Crippen LogP) is 1.42. The van der Waals surface area contributed by atoms with Gasteiger partial charge in [-0.15, -0.1) is 0 Å². The Labute approximate surface area is 97.2 Å². The van der Waals surface area contributed by atoms with Crippen LogP contribution in [-0.2, 0) is 6.54 Å². The molecule has 1 saturated heterocycles. The normalized spacial score (nSPS) is 23.2. The second-order valence-electron chi connectivity index (χ2n) is 4.74. The highest BCUT2D eigenvalue weighted by atomic mass is 15.0. The van der Waals surface area contributed by atoms with Gasteiger partial charge >= 0.3 is 0 Å². The SMILES string of the molecule is CC(CC1CCCCN1)NCc1cnc[nH]1. The molecule has 1 aliphatic rings. The quantitative estimate of drug-likeness (QED) is 0.706. The fraction of sp³-hybridized carbons (Fsp3) is 0.750. The second-order valence-corrected chi connectivity index (χ2v) is 4.74. The van der Waals surface area contributed by atoms with Crippen LogP contribution in [0.2, 0.25) is 0 Å². The molecule has 0 saturated carbocycles. The summed E-state index contributed by atoms with van der Waals surface area (Å²) in [6.45, 7) is 4.33. The molecule has 90 valence electrons. The molecule has 4 nitrogen and oxygen atoms in total. The van der Waals surface area contributed by atoms with E-state index in [1.165, 1.54) is 32.2 Å². The molecule has 16 heavy (non-hydrogen) atoms. The fourth-order valence-corrected chi connectivity index (χ4v) is 2.30. The first-order valence-corrected chi connectivity index (χ1v) is 6.28. The van der Waals surface area contributed by atoms with Gasteiger partial charge in [-0.2, -0.15) is 0 Å². The van der Waals surface area contributed by atoms with Crippen molar-refractivity contribution >= 4 is 0 Å². The number of hydrogen-bond donors (Lipinski definition) is 3. The third kappa shape index (κ3) is 3.61. The summed E-state index contributed by atoms with van der Waals surface area (Å²) in [5.41, 5.74) is 1.16. The molecule has 0 bridgehead atoms. The van der Waals surface area contributed by atoms with Crippen molar-refractivity contribution in [2.45, 2.75) is 51.2 Å². The van der Waals surface area contributed by atoms with Gasteiger partial charge in [-0.3, -0.25) is 0 Å². The molecule has 3 N–H and O–H groups in total. The van der Waals surface area contributed by atoms with Gasteiger partial charge in [-0.25, -0.2) is 4.98 Å². The second kappa shape index (κ2) is 6.01. The van der Waals surface area contributed by atoms with Crippen molar-refractivity contribution in [2.75, 3.05) is 6.54 Å². The van der Waals surface area contributed by atoms with Crippen LogP contribution in [0.4, 0.5) is 0 Å². The smallest absolute Gasteiger partial charge is 0.0922 e. The van der Waals surface area contributed by atoms with Crippen LogP contribution in [-0.4, -0.2) is 28.6 Å². The fourth-order valence-electron chi connectivity index (χ4n) is 2.30. The van der Waals surface area contributed by atoms with Gasteiger partial charge in [-0.1, -0.05) is 6.42 Å². The van der Waals surface area contributed by atoms with E-state index in [-0.39, 0.29) is 0 Å². The lowest BCUT2D eigenvalue weighted by Gasteiger charge is -2.26. The maximum Gasteiger partial charge on any atom is 0.0922 e. The Bertz CT molecular complexity index is 277. The summed E-state index contributed by atoms with van der Waals surface area (Å²) >= 11 is 0. The van der Waals surface area contributed by atoms with Gasteiger partial charge in [0.25, 0.3) is 0 Å². The third-order valence-corrected chi connectivity index (χ3v) is 3.25. The molecule has 1 aromatic rings. The van der Waals surface area contributed by atoms with Gasteiger partial charge in [-0.05, 0) is 32.7 Å². The minimum Gasteiger partial charge on any atom is -0.347 e. The molecule has 2 heterocycles. The third-order valence-electron chi connectivity index (χ3n) is 3.25. The molecule has 1 fully saturated rings. The standard InChI is InChI=1S/C12H22N4/c1-10(6-11-4-2-3-5-14-11)15-8-12-7-13-9-16-12/h7,9-11,14-15H,2-6,8H2,1H3,(H,13,16). The maximum atomic E-state index is 4.01. The Morgan fingerprint density at radius 3 is 3.19 bits per heavy atom. The van der Waals surface area contributed by atoms with E-state index in [9.17, 15) is 0 Å². The average Bonchev–Trinajstić information content (AvgIpc) is 2.81. The summed E-state index contributed by atoms with van der Waals surface area (Å²) in [4.78, 5) is 7.11. The number of imidazole rings is 1. The summed E-state index contributed by atoms with van der Waals surface area (Å²) < 4.78 is 0. The zero-order valence-corrected chi connectivity index (χ0v) is 10.00. The highest BCUT2D eigenvalue weighted by Gasteiger charge is 2.15. The summed E-state index contributed by atoms with van der Waals surface area (Å²) in [7, 11) is 0. The summed E-state index contributed by atoms with van der Waals surface area (Å²) in [6.07, 6.45) is 8.87. The first kappa shape index (κ1) is 11.6. The molecule has 0 radical (unpaired) electrons. The summed E-state index contributed by atoms with van der Waals surface area (Å²) in [5, 5.41) is 7.10. The van der Waals surface area contributed by atoms with Crippen molar-refractivity contribution in [1.29, 1.82) is 0 Å². The van der Waals surface area contributed by atoms with Gasteiger partial charge in [0, 0.05) is 30.5 Å². The molecular formula is C12H22N4. The number of nitrogens with zero attached hydrogens (tertiary/aromatic N) is 1. The van der Waals surface area contributed by atoms with E-state index in [4.69, 9.17) is 0 Å². The molecule has 2 unspecified atom stereocenters. The van der Waals surface area contributed by atoms with Crippen molar-refractivity contribution in [2.24, 2.45) is 0 Å². The summed E-state index contributed by atoms with van der Waals surface area (Å²) in [5.74, 6) is 0. The van der Waals surface area contributed by atoms with Crippen LogP contribution >= 0.6 is 0 Å². The van der Waals surface area contributed by atoms with Gasteiger partial charge in [0.2, 0.25) is 0 Å². The average molecular weight is 222 g/mol. The van der Waals surface area contributed by atoms with Crippen LogP contribution in [0.15, 0.2) is 12.5 Å². The maximum absolute atomic E-state index is 4.01. The highest BCUT2D eigenvalue weighted by Crippen LogP contribution is 2.11. The van der Waals surface area contributed by atoms with Crippen LogP contribution < -0.4 is 10.6 Å². The van der Waals surface area contributed by atoms with Gasteiger partial charge in [0.1, 0.15) is 0 Å². The minimum atomic E-state index is 0.555. The number of rotatable bonds is 5. The van der Waals surface area contributed by atoms with Crippen molar-refractivity contribution in [3.63, 3.8) is 0 Å². The molecule has 0 aliphatic carbocycles. The number of aromatic amines is 1. The lowest BCUT2D eigenvalue weighted by molar-refractivity contribution is 0.344.